The lowest BCUT2D eigenvalue weighted by molar-refractivity contribution is -0.121. The molecule has 0 unspecified atom stereocenters. The molecule has 0 bridgehead atoms. The van der Waals surface area contributed by atoms with Gasteiger partial charge in [0.15, 0.2) is 0 Å². The fourth-order valence-electron chi connectivity index (χ4n) is 2.21. The molecular weight excluding hydrogens is 186 g/mol. The molecule has 15 heavy (non-hydrogen) atoms. The topological polar surface area (TPSA) is 30.0 Å². The molecule has 1 saturated carbocycles. The van der Waals surface area contributed by atoms with Gasteiger partial charge < -0.3 is 0 Å². The van der Waals surface area contributed by atoms with Crippen molar-refractivity contribution in [3.8, 4) is 0 Å². The Balaban J connectivity index is 1.97. The van der Waals surface area contributed by atoms with Gasteiger partial charge in [-0.1, -0.05) is 6.07 Å². The van der Waals surface area contributed by atoms with Gasteiger partial charge in [0.25, 0.3) is 0 Å². The van der Waals surface area contributed by atoms with E-state index >= 15 is 0 Å². The number of hydrogen-bond acceptors (Lipinski definition) is 2. The van der Waals surface area contributed by atoms with Crippen LogP contribution in [0.15, 0.2) is 18.3 Å². The number of carbonyl (C=O) groups excluding carboxylic acids is 1. The molecule has 1 aliphatic carbocycles. The number of Topliss-reactive ketones (excluding diaryl/α,β-unsaturated/α-hetero) is 1. The van der Waals surface area contributed by atoms with Gasteiger partial charge in [-0.25, -0.2) is 0 Å². The molecule has 0 saturated heterocycles. The van der Waals surface area contributed by atoms with Crippen LogP contribution in [0, 0.1) is 12.8 Å². The summed E-state index contributed by atoms with van der Waals surface area (Å²) in [4.78, 5) is 15.5. The highest BCUT2D eigenvalue weighted by atomic mass is 16.1. The molecule has 0 spiro atoms. The average molecular weight is 203 g/mol. The molecule has 1 aromatic heterocycles. The standard InChI is InChI=1S/C13H17NO/c1-10-3-2-8-14-13(10)9-11-4-6-12(15)7-5-11/h2-3,8,11H,4-7,9H2,1H3. The number of rotatable bonds is 2. The summed E-state index contributed by atoms with van der Waals surface area (Å²) in [6, 6.07) is 4.08. The lowest BCUT2D eigenvalue weighted by Crippen LogP contribution is -2.16. The average Bonchev–Trinajstić information content (AvgIpc) is 2.25. The molecule has 2 heteroatoms. The molecule has 0 amide bonds. The molecule has 0 N–H and O–H groups in total. The van der Waals surface area contributed by atoms with E-state index in [-0.39, 0.29) is 0 Å². The Hall–Kier alpha value is -1.18. The van der Waals surface area contributed by atoms with Crippen molar-refractivity contribution < 1.29 is 4.79 Å². The van der Waals surface area contributed by atoms with Gasteiger partial charge in [0.1, 0.15) is 5.78 Å². The van der Waals surface area contributed by atoms with Crippen molar-refractivity contribution in [3.63, 3.8) is 0 Å². The predicted octanol–water partition coefficient (Wildman–Crippen LogP) is 2.69. The van der Waals surface area contributed by atoms with Gasteiger partial charge in [-0.2, -0.15) is 0 Å². The number of hydrogen-bond donors (Lipinski definition) is 0. The van der Waals surface area contributed by atoms with Crippen molar-refractivity contribution in [2.24, 2.45) is 5.92 Å². The summed E-state index contributed by atoms with van der Waals surface area (Å²) in [6.07, 6.45) is 6.55. The summed E-state index contributed by atoms with van der Waals surface area (Å²) in [5.74, 6) is 1.10. The summed E-state index contributed by atoms with van der Waals surface area (Å²) in [6.45, 7) is 2.11. The van der Waals surface area contributed by atoms with E-state index in [1.807, 2.05) is 12.3 Å². The molecule has 1 heterocycles. The van der Waals surface area contributed by atoms with Crippen LogP contribution in [0.2, 0.25) is 0 Å². The van der Waals surface area contributed by atoms with Crippen LogP contribution < -0.4 is 0 Å². The van der Waals surface area contributed by atoms with Crippen molar-refractivity contribution in [2.75, 3.05) is 0 Å². The van der Waals surface area contributed by atoms with E-state index in [2.05, 4.69) is 18.0 Å². The summed E-state index contributed by atoms with van der Waals surface area (Å²) >= 11 is 0. The summed E-state index contributed by atoms with van der Waals surface area (Å²) in [7, 11) is 0. The third-order valence-electron chi connectivity index (χ3n) is 3.26. The maximum absolute atomic E-state index is 11.1. The van der Waals surface area contributed by atoms with Gasteiger partial charge in [0, 0.05) is 24.7 Å². The Labute approximate surface area is 90.7 Å². The molecule has 2 rings (SSSR count). The second-order valence-electron chi connectivity index (χ2n) is 4.45. The highest BCUT2D eigenvalue weighted by molar-refractivity contribution is 5.79. The first-order valence-electron chi connectivity index (χ1n) is 5.68. The lowest BCUT2D eigenvalue weighted by atomic mass is 9.85. The smallest absolute Gasteiger partial charge is 0.132 e. The largest absolute Gasteiger partial charge is 0.300 e. The maximum Gasteiger partial charge on any atom is 0.132 e. The SMILES string of the molecule is Cc1cccnc1CC1CCC(=O)CC1. The first-order chi connectivity index (χ1) is 7.25. The van der Waals surface area contributed by atoms with E-state index in [9.17, 15) is 4.79 Å². The van der Waals surface area contributed by atoms with Crippen molar-refractivity contribution in [2.45, 2.75) is 39.0 Å². The van der Waals surface area contributed by atoms with E-state index in [1.54, 1.807) is 0 Å². The summed E-state index contributed by atoms with van der Waals surface area (Å²) < 4.78 is 0. The molecule has 0 atom stereocenters. The first kappa shape index (κ1) is 10.3. The van der Waals surface area contributed by atoms with E-state index < -0.39 is 0 Å². The minimum atomic E-state index is 0.434. The number of ketones is 1. The first-order valence-corrected chi connectivity index (χ1v) is 5.68. The van der Waals surface area contributed by atoms with E-state index in [1.165, 1.54) is 11.3 Å². The van der Waals surface area contributed by atoms with Crippen molar-refractivity contribution >= 4 is 5.78 Å². The van der Waals surface area contributed by atoms with Crippen LogP contribution >= 0.6 is 0 Å². The number of aromatic nitrogens is 1. The number of carbonyl (C=O) groups is 1. The van der Waals surface area contributed by atoms with Crippen LogP contribution in [0.3, 0.4) is 0 Å². The van der Waals surface area contributed by atoms with Crippen LogP contribution in [0.4, 0.5) is 0 Å². The highest BCUT2D eigenvalue weighted by Crippen LogP contribution is 2.25. The molecule has 0 radical (unpaired) electrons. The van der Waals surface area contributed by atoms with Gasteiger partial charge in [-0.3, -0.25) is 9.78 Å². The highest BCUT2D eigenvalue weighted by Gasteiger charge is 2.19. The van der Waals surface area contributed by atoms with Gasteiger partial charge >= 0.3 is 0 Å². The van der Waals surface area contributed by atoms with Crippen molar-refractivity contribution in [3.05, 3.63) is 29.6 Å². The fourth-order valence-corrected chi connectivity index (χ4v) is 2.21. The van der Waals surface area contributed by atoms with Crippen LogP contribution in [0.5, 0.6) is 0 Å². The Kier molecular flexibility index (Phi) is 3.14. The Morgan fingerprint density at radius 2 is 2.13 bits per heavy atom. The third-order valence-corrected chi connectivity index (χ3v) is 3.26. The van der Waals surface area contributed by atoms with Crippen LogP contribution in [-0.2, 0) is 11.2 Å². The van der Waals surface area contributed by atoms with Crippen molar-refractivity contribution in [1.82, 2.24) is 4.98 Å². The predicted molar refractivity (Wildman–Crippen MR) is 59.6 cm³/mol. The van der Waals surface area contributed by atoms with Crippen molar-refractivity contribution in [1.29, 1.82) is 0 Å². The van der Waals surface area contributed by atoms with Crippen LogP contribution in [0.1, 0.15) is 36.9 Å². The lowest BCUT2D eigenvalue weighted by Gasteiger charge is -2.20. The normalized spacial score (nSPS) is 18.1. The zero-order valence-electron chi connectivity index (χ0n) is 9.20. The molecule has 2 nitrogen and oxygen atoms in total. The molecule has 0 aliphatic heterocycles. The quantitative estimate of drug-likeness (QED) is 0.739. The van der Waals surface area contributed by atoms with Gasteiger partial charge in [0.05, 0.1) is 0 Å². The molecule has 0 aromatic carbocycles. The monoisotopic (exact) mass is 203 g/mol. The third kappa shape index (κ3) is 2.65. The zero-order valence-corrected chi connectivity index (χ0v) is 9.20. The molecule has 1 aliphatic rings. The van der Waals surface area contributed by atoms with Gasteiger partial charge in [-0.15, -0.1) is 0 Å². The number of pyridine rings is 1. The summed E-state index contributed by atoms with van der Waals surface area (Å²) in [5.41, 5.74) is 2.48. The molecule has 80 valence electrons. The number of aryl methyl sites for hydroxylation is 1. The minimum absolute atomic E-state index is 0.434. The Bertz CT molecular complexity index is 349. The van der Waals surface area contributed by atoms with Crippen LogP contribution in [0.25, 0.3) is 0 Å². The second-order valence-corrected chi connectivity index (χ2v) is 4.45. The molecule has 1 aromatic rings. The van der Waals surface area contributed by atoms with E-state index in [0.717, 1.165) is 32.1 Å². The Morgan fingerprint density at radius 1 is 1.40 bits per heavy atom. The minimum Gasteiger partial charge on any atom is -0.300 e. The maximum atomic E-state index is 11.1. The fraction of sp³-hybridized carbons (Fsp3) is 0.538. The number of nitrogens with zero attached hydrogens (tertiary/aromatic N) is 1. The summed E-state index contributed by atoms with van der Waals surface area (Å²) in [5, 5.41) is 0. The van der Waals surface area contributed by atoms with Gasteiger partial charge in [-0.05, 0) is 43.7 Å². The van der Waals surface area contributed by atoms with E-state index in [4.69, 9.17) is 0 Å². The Morgan fingerprint density at radius 3 is 2.80 bits per heavy atom. The zero-order chi connectivity index (χ0) is 10.7. The molecular formula is C13H17NO. The molecule has 1 fully saturated rings. The van der Waals surface area contributed by atoms with Crippen LogP contribution in [-0.4, -0.2) is 10.8 Å². The van der Waals surface area contributed by atoms with E-state index in [0.29, 0.717) is 11.7 Å². The van der Waals surface area contributed by atoms with Gasteiger partial charge in [0.2, 0.25) is 0 Å². The second kappa shape index (κ2) is 4.56.